The maximum absolute atomic E-state index is 13.1. The molecule has 3 heterocycles. The van der Waals surface area contributed by atoms with Gasteiger partial charge in [-0.3, -0.25) is 29.4 Å². The Hall–Kier alpha value is -2.58. The van der Waals surface area contributed by atoms with Gasteiger partial charge in [-0.15, -0.1) is 0 Å². The molecule has 8 heteroatoms. The second-order valence-electron chi connectivity index (χ2n) is 7.92. The molecule has 0 bridgehead atoms. The summed E-state index contributed by atoms with van der Waals surface area (Å²) in [5.41, 5.74) is 1.44. The van der Waals surface area contributed by atoms with Crippen molar-refractivity contribution >= 4 is 23.6 Å². The van der Waals surface area contributed by atoms with E-state index >= 15 is 0 Å². The third-order valence-electron chi connectivity index (χ3n) is 5.92. The molecule has 154 valence electrons. The van der Waals surface area contributed by atoms with Gasteiger partial charge >= 0.3 is 0 Å². The lowest BCUT2D eigenvalue weighted by Gasteiger charge is -2.27. The van der Waals surface area contributed by atoms with Crippen molar-refractivity contribution in [3.63, 3.8) is 0 Å². The van der Waals surface area contributed by atoms with Crippen LogP contribution in [0.5, 0.6) is 0 Å². The van der Waals surface area contributed by atoms with Crippen LogP contribution < -0.4 is 16.0 Å². The highest BCUT2D eigenvalue weighted by molar-refractivity contribution is 6.24. The highest BCUT2D eigenvalue weighted by atomic mass is 16.2. The molecule has 0 radical (unpaired) electrons. The first-order chi connectivity index (χ1) is 14.1. The molecule has 2 fully saturated rings. The van der Waals surface area contributed by atoms with Crippen molar-refractivity contribution in [1.29, 1.82) is 0 Å². The average Bonchev–Trinajstić information content (AvgIpc) is 2.87. The molecule has 0 saturated carbocycles. The third kappa shape index (κ3) is 3.95. The van der Waals surface area contributed by atoms with Crippen molar-refractivity contribution in [1.82, 2.24) is 20.9 Å². The molecule has 1 aromatic rings. The summed E-state index contributed by atoms with van der Waals surface area (Å²) in [5.74, 6) is -1.88. The maximum Gasteiger partial charge on any atom is 0.262 e. The van der Waals surface area contributed by atoms with Crippen LogP contribution in [0.25, 0.3) is 0 Å². The van der Waals surface area contributed by atoms with Gasteiger partial charge in [-0.25, -0.2) is 0 Å². The van der Waals surface area contributed by atoms with Gasteiger partial charge in [-0.1, -0.05) is 25.0 Å². The summed E-state index contributed by atoms with van der Waals surface area (Å²) in [7, 11) is 0. The first-order valence-electron chi connectivity index (χ1n) is 10.3. The molecular formula is C21H26N4O4. The van der Waals surface area contributed by atoms with Crippen molar-refractivity contribution in [2.24, 2.45) is 0 Å². The van der Waals surface area contributed by atoms with Crippen molar-refractivity contribution < 1.29 is 19.2 Å². The number of hydrogen-bond acceptors (Lipinski definition) is 6. The van der Waals surface area contributed by atoms with Crippen LogP contribution in [0, 0.1) is 0 Å². The Kier molecular flexibility index (Phi) is 5.73. The van der Waals surface area contributed by atoms with Gasteiger partial charge in [0.05, 0.1) is 11.1 Å². The summed E-state index contributed by atoms with van der Waals surface area (Å²) in [4.78, 5) is 50.5. The first-order valence-corrected chi connectivity index (χ1v) is 10.3. The topological polar surface area (TPSA) is 108 Å². The van der Waals surface area contributed by atoms with Gasteiger partial charge in [0.15, 0.2) is 0 Å². The lowest BCUT2D eigenvalue weighted by atomic mass is 10.0. The number of imide groups is 2. The normalized spacial score (nSPS) is 25.0. The summed E-state index contributed by atoms with van der Waals surface area (Å²) >= 11 is 0. The van der Waals surface area contributed by atoms with Crippen LogP contribution in [-0.2, 0) is 16.1 Å². The number of hydrogen-bond donors (Lipinski definition) is 3. The van der Waals surface area contributed by atoms with Gasteiger partial charge in [-0.2, -0.15) is 0 Å². The third-order valence-corrected chi connectivity index (χ3v) is 5.92. The van der Waals surface area contributed by atoms with E-state index in [1.54, 1.807) is 12.1 Å². The van der Waals surface area contributed by atoms with Gasteiger partial charge in [0.1, 0.15) is 6.04 Å². The van der Waals surface area contributed by atoms with Crippen LogP contribution in [0.4, 0.5) is 0 Å². The summed E-state index contributed by atoms with van der Waals surface area (Å²) in [5, 5.41) is 9.16. The summed E-state index contributed by atoms with van der Waals surface area (Å²) in [6.07, 6.45) is 5.08. The molecule has 3 aliphatic heterocycles. The van der Waals surface area contributed by atoms with Crippen molar-refractivity contribution in [2.75, 3.05) is 13.1 Å². The Morgan fingerprint density at radius 2 is 1.90 bits per heavy atom. The summed E-state index contributed by atoms with van der Waals surface area (Å²) < 4.78 is 0. The standard InChI is InChI=1S/C21H26N4O4/c26-17-9-8-16(19(27)24-17)25-20(28)15-7-4-5-13(18(15)21(25)29)11-22-12-14-6-2-1-3-10-23-14/h4-5,7,14,16,22-23H,1-3,6,8-12H2,(H,24,26,27). The number of carbonyl (C=O) groups is 4. The smallest absolute Gasteiger partial charge is 0.262 e. The van der Waals surface area contributed by atoms with E-state index in [-0.39, 0.29) is 18.7 Å². The number of rotatable bonds is 5. The Balaban J connectivity index is 1.47. The molecule has 0 aromatic heterocycles. The number of nitrogens with zero attached hydrogens (tertiary/aromatic N) is 1. The van der Waals surface area contributed by atoms with Gasteiger partial charge < -0.3 is 10.6 Å². The van der Waals surface area contributed by atoms with E-state index in [1.165, 1.54) is 19.3 Å². The molecule has 29 heavy (non-hydrogen) atoms. The van der Waals surface area contributed by atoms with Crippen LogP contribution in [0.2, 0.25) is 0 Å². The SMILES string of the molecule is O=C1CCC(N2C(=O)c3cccc(CNCC4CCCCCN4)c3C2=O)C(=O)N1. The molecule has 2 saturated heterocycles. The van der Waals surface area contributed by atoms with Crippen molar-refractivity contribution in [2.45, 2.75) is 57.2 Å². The van der Waals surface area contributed by atoms with Gasteiger partial charge in [0.2, 0.25) is 11.8 Å². The molecule has 0 aliphatic carbocycles. The number of benzene rings is 1. The molecule has 3 aliphatic rings. The lowest BCUT2D eigenvalue weighted by Crippen LogP contribution is -2.54. The molecule has 8 nitrogen and oxygen atoms in total. The van der Waals surface area contributed by atoms with E-state index in [2.05, 4.69) is 16.0 Å². The molecule has 4 amide bonds. The van der Waals surface area contributed by atoms with Crippen LogP contribution in [0.15, 0.2) is 18.2 Å². The molecular weight excluding hydrogens is 372 g/mol. The molecule has 3 N–H and O–H groups in total. The minimum atomic E-state index is -0.934. The number of piperidine rings is 1. The van der Waals surface area contributed by atoms with Crippen molar-refractivity contribution in [3.8, 4) is 0 Å². The number of nitrogens with one attached hydrogen (secondary N) is 3. The fourth-order valence-electron chi connectivity index (χ4n) is 4.39. The van der Waals surface area contributed by atoms with Gasteiger partial charge in [0, 0.05) is 25.6 Å². The van der Waals surface area contributed by atoms with E-state index in [0.29, 0.717) is 23.7 Å². The second kappa shape index (κ2) is 8.42. The zero-order chi connectivity index (χ0) is 20.4. The molecule has 2 atom stereocenters. The molecule has 1 aromatic carbocycles. The Bertz CT molecular complexity index is 845. The monoisotopic (exact) mass is 398 g/mol. The predicted molar refractivity (Wildman–Crippen MR) is 105 cm³/mol. The first kappa shape index (κ1) is 19.7. The minimum absolute atomic E-state index is 0.118. The largest absolute Gasteiger partial charge is 0.313 e. The Labute approximate surface area is 169 Å². The highest BCUT2D eigenvalue weighted by Gasteiger charge is 2.45. The molecule has 4 rings (SSSR count). The predicted octanol–water partition coefficient (Wildman–Crippen LogP) is 0.710. The molecule has 2 unspecified atom stereocenters. The minimum Gasteiger partial charge on any atom is -0.313 e. The van der Waals surface area contributed by atoms with Crippen molar-refractivity contribution in [3.05, 3.63) is 34.9 Å². The van der Waals surface area contributed by atoms with Gasteiger partial charge in [0.25, 0.3) is 11.8 Å². The zero-order valence-corrected chi connectivity index (χ0v) is 16.3. The van der Waals surface area contributed by atoms with E-state index in [1.807, 2.05) is 6.07 Å². The quantitative estimate of drug-likeness (QED) is 0.631. The summed E-state index contributed by atoms with van der Waals surface area (Å²) in [6, 6.07) is 4.70. The Morgan fingerprint density at radius 3 is 2.72 bits per heavy atom. The van der Waals surface area contributed by atoms with E-state index in [4.69, 9.17) is 0 Å². The number of carbonyl (C=O) groups excluding carboxylic acids is 4. The Morgan fingerprint density at radius 1 is 1.03 bits per heavy atom. The van der Waals surface area contributed by atoms with Crippen LogP contribution in [0.1, 0.15) is 64.8 Å². The lowest BCUT2D eigenvalue weighted by molar-refractivity contribution is -0.136. The maximum atomic E-state index is 13.1. The van der Waals surface area contributed by atoms with Crippen LogP contribution in [-0.4, -0.2) is 53.7 Å². The number of fused-ring (bicyclic) bond motifs is 1. The fraction of sp³-hybridized carbons (Fsp3) is 0.524. The van der Waals surface area contributed by atoms with Crippen LogP contribution >= 0.6 is 0 Å². The average molecular weight is 398 g/mol. The highest BCUT2D eigenvalue weighted by Crippen LogP contribution is 2.29. The van der Waals surface area contributed by atoms with E-state index in [0.717, 1.165) is 30.0 Å². The zero-order valence-electron chi connectivity index (χ0n) is 16.3. The second-order valence-corrected chi connectivity index (χ2v) is 7.92. The molecule has 0 spiro atoms. The number of amides is 4. The summed E-state index contributed by atoms with van der Waals surface area (Å²) in [6.45, 7) is 2.30. The van der Waals surface area contributed by atoms with E-state index in [9.17, 15) is 19.2 Å². The van der Waals surface area contributed by atoms with Crippen LogP contribution in [0.3, 0.4) is 0 Å². The fourth-order valence-corrected chi connectivity index (χ4v) is 4.39. The van der Waals surface area contributed by atoms with Gasteiger partial charge in [-0.05, 0) is 37.4 Å². The van der Waals surface area contributed by atoms with E-state index < -0.39 is 23.8 Å².